The molecule has 16 heavy (non-hydrogen) atoms. The smallest absolute Gasteiger partial charge is 0.137 e. The Bertz CT molecular complexity index is 517. The molecule has 2 rings (SSSR count). The molecular weight excluding hydrogens is 224 g/mol. The summed E-state index contributed by atoms with van der Waals surface area (Å²) < 4.78 is 1.86. The van der Waals surface area contributed by atoms with Gasteiger partial charge in [0.2, 0.25) is 0 Å². The zero-order valence-corrected chi connectivity index (χ0v) is 10.4. The Kier molecular flexibility index (Phi) is 2.91. The van der Waals surface area contributed by atoms with Gasteiger partial charge in [0, 0.05) is 6.20 Å². The fraction of sp³-hybridized carbons (Fsp3) is 0.417. The molecule has 86 valence electrons. The molecule has 0 aliphatic carbocycles. The van der Waals surface area contributed by atoms with Crippen molar-refractivity contribution in [3.63, 3.8) is 0 Å². The lowest BCUT2D eigenvalue weighted by Gasteiger charge is -2.09. The molecule has 0 saturated carbocycles. The van der Waals surface area contributed by atoms with Crippen LogP contribution in [0.5, 0.6) is 0 Å². The van der Waals surface area contributed by atoms with E-state index in [2.05, 4.69) is 18.8 Å². The molecule has 1 N–H and O–H groups in total. The molecule has 2 aromatic heterocycles. The molecule has 2 heterocycles. The van der Waals surface area contributed by atoms with Gasteiger partial charge in [-0.15, -0.1) is 0 Å². The topological polar surface area (TPSA) is 37.5 Å². The second-order valence-corrected chi connectivity index (χ2v) is 4.72. The highest BCUT2D eigenvalue weighted by atomic mass is 35.5. The van der Waals surface area contributed by atoms with E-state index in [1.54, 1.807) is 19.2 Å². The molecular formula is C12H15ClN2O. The lowest BCUT2D eigenvalue weighted by Crippen LogP contribution is -2.02. The monoisotopic (exact) mass is 238 g/mol. The Morgan fingerprint density at radius 1 is 1.31 bits per heavy atom. The second-order valence-electron chi connectivity index (χ2n) is 4.29. The number of aliphatic hydroxyl groups is 1. The highest BCUT2D eigenvalue weighted by Crippen LogP contribution is 2.26. The lowest BCUT2D eigenvalue weighted by atomic mass is 10.1. The number of nitrogens with zero attached hydrogens (tertiary/aromatic N) is 2. The number of hydrogen-bond donors (Lipinski definition) is 1. The van der Waals surface area contributed by atoms with Crippen molar-refractivity contribution in [2.75, 3.05) is 0 Å². The molecule has 0 bridgehead atoms. The summed E-state index contributed by atoms with van der Waals surface area (Å²) in [7, 11) is 0. The summed E-state index contributed by atoms with van der Waals surface area (Å²) >= 11 is 5.95. The molecule has 0 aliphatic rings. The van der Waals surface area contributed by atoms with Gasteiger partial charge in [0.1, 0.15) is 5.65 Å². The maximum absolute atomic E-state index is 9.83. The van der Waals surface area contributed by atoms with Gasteiger partial charge in [-0.05, 0) is 25.0 Å². The van der Waals surface area contributed by atoms with Crippen molar-refractivity contribution in [1.82, 2.24) is 9.38 Å². The van der Waals surface area contributed by atoms with Crippen LogP contribution in [0.3, 0.4) is 0 Å². The molecule has 4 heteroatoms. The Hall–Kier alpha value is -1.06. The molecule has 0 aliphatic heterocycles. The first kappa shape index (κ1) is 11.4. The minimum absolute atomic E-state index is 0.281. The van der Waals surface area contributed by atoms with Gasteiger partial charge < -0.3 is 5.11 Å². The van der Waals surface area contributed by atoms with E-state index in [9.17, 15) is 5.11 Å². The van der Waals surface area contributed by atoms with Crippen molar-refractivity contribution in [2.24, 2.45) is 0 Å². The number of imidazole rings is 1. The fourth-order valence-corrected chi connectivity index (χ4v) is 2.06. The van der Waals surface area contributed by atoms with E-state index in [4.69, 9.17) is 11.6 Å². The molecule has 0 amide bonds. The summed E-state index contributed by atoms with van der Waals surface area (Å²) in [4.78, 5) is 4.52. The van der Waals surface area contributed by atoms with Crippen LogP contribution in [-0.2, 0) is 0 Å². The SMILES string of the molecule is CC(C)c1nc2ccc(Cl)cn2c1C(C)O. The Labute approximate surface area is 99.7 Å². The Morgan fingerprint density at radius 2 is 2.00 bits per heavy atom. The average Bonchev–Trinajstić information content (AvgIpc) is 2.55. The molecule has 3 nitrogen and oxygen atoms in total. The molecule has 1 unspecified atom stereocenters. The minimum Gasteiger partial charge on any atom is -0.387 e. The first-order valence-electron chi connectivity index (χ1n) is 5.36. The number of aromatic nitrogens is 2. The summed E-state index contributed by atoms with van der Waals surface area (Å²) in [6.07, 6.45) is 1.24. The van der Waals surface area contributed by atoms with E-state index in [0.29, 0.717) is 5.02 Å². The van der Waals surface area contributed by atoms with Crippen LogP contribution in [0.1, 0.15) is 44.2 Å². The molecule has 0 fully saturated rings. The summed E-state index contributed by atoms with van der Waals surface area (Å²) in [5, 5.41) is 10.5. The zero-order chi connectivity index (χ0) is 11.9. The predicted octanol–water partition coefficient (Wildman–Crippen LogP) is 3.16. The van der Waals surface area contributed by atoms with Crippen molar-refractivity contribution < 1.29 is 5.11 Å². The summed E-state index contributed by atoms with van der Waals surface area (Å²) in [6, 6.07) is 3.67. The number of hydrogen-bond acceptors (Lipinski definition) is 2. The molecule has 0 aromatic carbocycles. The first-order valence-corrected chi connectivity index (χ1v) is 5.74. The molecule has 2 aromatic rings. The van der Waals surface area contributed by atoms with E-state index >= 15 is 0 Å². The standard InChI is InChI=1S/C12H15ClN2O/c1-7(2)11-12(8(3)16)15-6-9(13)4-5-10(15)14-11/h4-8,16H,1-3H3. The third-order valence-corrected chi connectivity index (χ3v) is 2.81. The highest BCUT2D eigenvalue weighted by molar-refractivity contribution is 6.30. The van der Waals surface area contributed by atoms with E-state index < -0.39 is 6.10 Å². The Balaban J connectivity index is 2.77. The summed E-state index contributed by atoms with van der Waals surface area (Å²) in [5.74, 6) is 0.281. The highest BCUT2D eigenvalue weighted by Gasteiger charge is 2.18. The van der Waals surface area contributed by atoms with E-state index in [1.165, 1.54) is 0 Å². The van der Waals surface area contributed by atoms with Crippen molar-refractivity contribution >= 4 is 17.2 Å². The van der Waals surface area contributed by atoms with Crippen LogP contribution in [0.25, 0.3) is 5.65 Å². The van der Waals surface area contributed by atoms with Crippen molar-refractivity contribution in [1.29, 1.82) is 0 Å². The van der Waals surface area contributed by atoms with Gasteiger partial charge in [-0.2, -0.15) is 0 Å². The minimum atomic E-state index is -0.550. The van der Waals surface area contributed by atoms with E-state index in [0.717, 1.165) is 17.0 Å². The third kappa shape index (κ3) is 1.81. The van der Waals surface area contributed by atoms with Crippen LogP contribution < -0.4 is 0 Å². The molecule has 0 saturated heterocycles. The van der Waals surface area contributed by atoms with Crippen LogP contribution >= 0.6 is 11.6 Å². The second kappa shape index (κ2) is 4.07. The largest absolute Gasteiger partial charge is 0.387 e. The zero-order valence-electron chi connectivity index (χ0n) is 9.61. The van der Waals surface area contributed by atoms with Gasteiger partial charge in [0.05, 0.1) is 22.5 Å². The molecule has 0 radical (unpaired) electrons. The van der Waals surface area contributed by atoms with Gasteiger partial charge in [-0.25, -0.2) is 4.98 Å². The number of pyridine rings is 1. The van der Waals surface area contributed by atoms with Crippen molar-refractivity contribution in [3.05, 3.63) is 34.7 Å². The fourth-order valence-electron chi connectivity index (χ4n) is 1.90. The average molecular weight is 239 g/mol. The van der Waals surface area contributed by atoms with Crippen molar-refractivity contribution in [3.8, 4) is 0 Å². The van der Waals surface area contributed by atoms with Gasteiger partial charge in [0.15, 0.2) is 0 Å². The molecule has 0 spiro atoms. The van der Waals surface area contributed by atoms with Crippen LogP contribution in [0.4, 0.5) is 0 Å². The number of rotatable bonds is 2. The van der Waals surface area contributed by atoms with Crippen LogP contribution in [0, 0.1) is 0 Å². The van der Waals surface area contributed by atoms with E-state index in [1.807, 2.05) is 10.5 Å². The number of halogens is 1. The van der Waals surface area contributed by atoms with Gasteiger partial charge in [-0.3, -0.25) is 4.40 Å². The van der Waals surface area contributed by atoms with E-state index in [-0.39, 0.29) is 5.92 Å². The number of fused-ring (bicyclic) bond motifs is 1. The van der Waals surface area contributed by atoms with Gasteiger partial charge in [0.25, 0.3) is 0 Å². The maximum Gasteiger partial charge on any atom is 0.137 e. The molecule has 1 atom stereocenters. The lowest BCUT2D eigenvalue weighted by molar-refractivity contribution is 0.191. The van der Waals surface area contributed by atoms with Gasteiger partial charge >= 0.3 is 0 Å². The quantitative estimate of drug-likeness (QED) is 0.873. The van der Waals surface area contributed by atoms with Crippen molar-refractivity contribution in [2.45, 2.75) is 32.8 Å². The third-order valence-electron chi connectivity index (χ3n) is 2.59. The maximum atomic E-state index is 9.83. The Morgan fingerprint density at radius 3 is 2.56 bits per heavy atom. The van der Waals surface area contributed by atoms with Crippen LogP contribution in [0.15, 0.2) is 18.3 Å². The van der Waals surface area contributed by atoms with Gasteiger partial charge in [-0.1, -0.05) is 25.4 Å². The van der Waals surface area contributed by atoms with Crippen LogP contribution in [0.2, 0.25) is 5.02 Å². The first-order chi connectivity index (χ1) is 7.50. The van der Waals surface area contributed by atoms with Crippen LogP contribution in [-0.4, -0.2) is 14.5 Å². The number of aliphatic hydroxyl groups excluding tert-OH is 1. The summed E-state index contributed by atoms with van der Waals surface area (Å²) in [6.45, 7) is 5.88. The summed E-state index contributed by atoms with van der Waals surface area (Å²) in [5.41, 5.74) is 2.58. The predicted molar refractivity (Wildman–Crippen MR) is 64.9 cm³/mol. The normalized spacial score (nSPS) is 13.6.